The van der Waals surface area contributed by atoms with Gasteiger partial charge in [-0.2, -0.15) is 0 Å². The molecule has 0 fully saturated rings. The van der Waals surface area contributed by atoms with Gasteiger partial charge in [0, 0.05) is 18.1 Å². The van der Waals surface area contributed by atoms with E-state index in [9.17, 15) is 4.79 Å². The minimum atomic E-state index is -0.425. The quantitative estimate of drug-likeness (QED) is 0.593. The Morgan fingerprint density at radius 2 is 1.95 bits per heavy atom. The Hall–Kier alpha value is -2.66. The standard InChI is InChI=1S/C17H11NO3S/c1-10-18-16(17(19)20-10)12-9-14(15-7-4-8-22-15)21-13-6-3-2-5-11(12)13/h2-9H,1H3. The van der Waals surface area contributed by atoms with Gasteiger partial charge in [0.05, 0.1) is 4.88 Å². The summed E-state index contributed by atoms with van der Waals surface area (Å²) in [4.78, 5) is 17.3. The predicted octanol–water partition coefficient (Wildman–Crippen LogP) is 3.87. The Balaban J connectivity index is 1.95. The van der Waals surface area contributed by atoms with Crippen LogP contribution in [0.4, 0.5) is 0 Å². The van der Waals surface area contributed by atoms with Crippen LogP contribution in [0.3, 0.4) is 0 Å². The van der Waals surface area contributed by atoms with Crippen LogP contribution in [-0.4, -0.2) is 11.9 Å². The summed E-state index contributed by atoms with van der Waals surface area (Å²) in [6.45, 7) is 1.67. The van der Waals surface area contributed by atoms with Gasteiger partial charge in [0.25, 0.3) is 0 Å². The van der Waals surface area contributed by atoms with Crippen LogP contribution < -0.4 is 4.74 Å². The van der Waals surface area contributed by atoms with Crippen LogP contribution in [0.2, 0.25) is 0 Å². The van der Waals surface area contributed by atoms with Crippen molar-refractivity contribution < 1.29 is 14.3 Å². The second-order valence-electron chi connectivity index (χ2n) is 4.87. The van der Waals surface area contributed by atoms with E-state index in [1.807, 2.05) is 47.9 Å². The molecular formula is C17H11NO3S. The van der Waals surface area contributed by atoms with Gasteiger partial charge in [0.2, 0.25) is 0 Å². The molecule has 4 rings (SSSR count). The third-order valence-corrected chi connectivity index (χ3v) is 4.28. The summed E-state index contributed by atoms with van der Waals surface area (Å²) in [6, 6.07) is 11.5. The highest BCUT2D eigenvalue weighted by Gasteiger charge is 2.28. The zero-order valence-corrected chi connectivity index (χ0v) is 12.5. The lowest BCUT2D eigenvalue weighted by Crippen LogP contribution is -2.07. The molecule has 108 valence electrons. The summed E-state index contributed by atoms with van der Waals surface area (Å²) < 4.78 is 11.0. The first-order chi connectivity index (χ1) is 10.7. The normalized spacial score (nSPS) is 20.0. The first-order valence-corrected chi connectivity index (χ1v) is 7.65. The molecule has 2 aliphatic heterocycles. The number of nitrogens with zero attached hydrogens (tertiary/aromatic N) is 1. The van der Waals surface area contributed by atoms with E-state index in [4.69, 9.17) is 9.47 Å². The number of benzene rings is 1. The first kappa shape index (κ1) is 13.0. The first-order valence-electron chi connectivity index (χ1n) is 6.77. The van der Waals surface area contributed by atoms with Gasteiger partial charge in [-0.15, -0.1) is 11.3 Å². The van der Waals surface area contributed by atoms with E-state index in [0.29, 0.717) is 23.1 Å². The lowest BCUT2D eigenvalue weighted by molar-refractivity contribution is -0.130. The van der Waals surface area contributed by atoms with Gasteiger partial charge in [-0.25, -0.2) is 9.79 Å². The van der Waals surface area contributed by atoms with E-state index in [1.54, 1.807) is 18.3 Å². The fourth-order valence-electron chi connectivity index (χ4n) is 2.45. The van der Waals surface area contributed by atoms with Crippen molar-refractivity contribution in [2.75, 3.05) is 0 Å². The van der Waals surface area contributed by atoms with E-state index >= 15 is 0 Å². The zero-order chi connectivity index (χ0) is 15.1. The number of para-hydroxylation sites is 1. The minimum absolute atomic E-state index is 0.322. The SMILES string of the molecule is CC1=NC(=C2C=C(c3cccs3)Oc3ccccc32)C(=O)O1. The summed E-state index contributed by atoms with van der Waals surface area (Å²) in [6.07, 6.45) is 1.85. The second kappa shape index (κ2) is 4.96. The molecule has 0 unspecified atom stereocenters. The lowest BCUT2D eigenvalue weighted by Gasteiger charge is -2.19. The monoisotopic (exact) mass is 309 g/mol. The van der Waals surface area contributed by atoms with E-state index in [0.717, 1.165) is 16.0 Å². The third kappa shape index (κ3) is 2.07. The summed E-state index contributed by atoms with van der Waals surface area (Å²) in [7, 11) is 0. The van der Waals surface area contributed by atoms with Gasteiger partial charge in [-0.3, -0.25) is 0 Å². The maximum absolute atomic E-state index is 12.0. The number of carbonyl (C=O) groups excluding carboxylic acids is 1. The van der Waals surface area contributed by atoms with Crippen molar-refractivity contribution in [2.24, 2.45) is 4.99 Å². The molecule has 0 spiro atoms. The number of cyclic esters (lactones) is 1. The number of hydrogen-bond acceptors (Lipinski definition) is 5. The van der Waals surface area contributed by atoms with Crippen LogP contribution in [0.1, 0.15) is 17.4 Å². The molecule has 0 saturated heterocycles. The highest BCUT2D eigenvalue weighted by atomic mass is 32.1. The molecule has 3 heterocycles. The molecule has 2 aliphatic rings. The molecule has 5 heteroatoms. The number of thiophene rings is 1. The highest BCUT2D eigenvalue weighted by molar-refractivity contribution is 7.11. The predicted molar refractivity (Wildman–Crippen MR) is 85.5 cm³/mol. The number of carbonyl (C=O) groups is 1. The fraction of sp³-hybridized carbons (Fsp3) is 0.0588. The summed E-state index contributed by atoms with van der Waals surface area (Å²) in [5.41, 5.74) is 1.89. The largest absolute Gasteiger partial charge is 0.455 e. The molecule has 22 heavy (non-hydrogen) atoms. The van der Waals surface area contributed by atoms with Crippen LogP contribution in [0, 0.1) is 0 Å². The van der Waals surface area contributed by atoms with Crippen molar-refractivity contribution in [2.45, 2.75) is 6.92 Å². The highest BCUT2D eigenvalue weighted by Crippen LogP contribution is 2.40. The molecule has 4 nitrogen and oxygen atoms in total. The third-order valence-electron chi connectivity index (χ3n) is 3.39. The Morgan fingerprint density at radius 1 is 1.09 bits per heavy atom. The van der Waals surface area contributed by atoms with Crippen LogP contribution in [-0.2, 0) is 9.53 Å². The molecule has 0 amide bonds. The van der Waals surface area contributed by atoms with Gasteiger partial charge in [-0.05, 0) is 23.6 Å². The molecule has 0 bridgehead atoms. The summed E-state index contributed by atoms with van der Waals surface area (Å²) >= 11 is 1.58. The number of rotatable bonds is 1. The van der Waals surface area contributed by atoms with Crippen LogP contribution in [0.5, 0.6) is 5.75 Å². The zero-order valence-electron chi connectivity index (χ0n) is 11.7. The van der Waals surface area contributed by atoms with Crippen molar-refractivity contribution in [3.63, 3.8) is 0 Å². The van der Waals surface area contributed by atoms with Gasteiger partial charge in [0.15, 0.2) is 11.6 Å². The smallest absolute Gasteiger partial charge is 0.364 e. The van der Waals surface area contributed by atoms with Gasteiger partial charge in [0.1, 0.15) is 11.5 Å². The molecule has 1 aromatic carbocycles. The number of ether oxygens (including phenoxy) is 2. The Labute approximate surface area is 131 Å². The Kier molecular flexibility index (Phi) is 2.94. The van der Waals surface area contributed by atoms with Crippen LogP contribution >= 0.6 is 11.3 Å². The molecule has 0 radical (unpaired) electrons. The average molecular weight is 309 g/mol. The maximum Gasteiger partial charge on any atom is 0.364 e. The number of esters is 1. The molecular weight excluding hydrogens is 298 g/mol. The number of hydrogen-bond donors (Lipinski definition) is 0. The van der Waals surface area contributed by atoms with Crippen LogP contribution in [0.25, 0.3) is 11.3 Å². The van der Waals surface area contributed by atoms with Gasteiger partial charge < -0.3 is 9.47 Å². The van der Waals surface area contributed by atoms with E-state index < -0.39 is 5.97 Å². The lowest BCUT2D eigenvalue weighted by atomic mass is 9.99. The Morgan fingerprint density at radius 3 is 2.68 bits per heavy atom. The summed E-state index contributed by atoms with van der Waals surface area (Å²) in [5, 5.41) is 1.99. The number of allylic oxidation sites excluding steroid dienone is 2. The molecule has 0 N–H and O–H groups in total. The molecule has 0 atom stereocenters. The fourth-order valence-corrected chi connectivity index (χ4v) is 3.13. The van der Waals surface area contributed by atoms with Crippen molar-refractivity contribution >= 4 is 34.5 Å². The van der Waals surface area contributed by atoms with E-state index in [-0.39, 0.29) is 0 Å². The number of fused-ring (bicyclic) bond motifs is 1. The molecule has 0 saturated carbocycles. The summed E-state index contributed by atoms with van der Waals surface area (Å²) in [5.74, 6) is 1.36. The van der Waals surface area contributed by atoms with Crippen LogP contribution in [0.15, 0.2) is 58.5 Å². The molecule has 1 aromatic heterocycles. The van der Waals surface area contributed by atoms with E-state index in [2.05, 4.69) is 4.99 Å². The minimum Gasteiger partial charge on any atom is -0.455 e. The molecule has 0 aliphatic carbocycles. The van der Waals surface area contributed by atoms with E-state index in [1.165, 1.54) is 0 Å². The van der Waals surface area contributed by atoms with Crippen molar-refractivity contribution in [3.05, 3.63) is 64.0 Å². The van der Waals surface area contributed by atoms with Gasteiger partial charge >= 0.3 is 5.97 Å². The maximum atomic E-state index is 12.0. The topological polar surface area (TPSA) is 47.9 Å². The number of aliphatic imine (C=N–C) groups is 1. The second-order valence-corrected chi connectivity index (χ2v) is 5.81. The van der Waals surface area contributed by atoms with Crippen molar-refractivity contribution in [1.29, 1.82) is 0 Å². The average Bonchev–Trinajstić information content (AvgIpc) is 3.16. The van der Waals surface area contributed by atoms with Gasteiger partial charge in [-0.1, -0.05) is 24.3 Å². The van der Waals surface area contributed by atoms with Crippen molar-refractivity contribution in [3.8, 4) is 5.75 Å². The Bertz CT molecular complexity index is 860. The molecule has 2 aromatic rings. The van der Waals surface area contributed by atoms with Crippen molar-refractivity contribution in [1.82, 2.24) is 0 Å².